The third-order valence-corrected chi connectivity index (χ3v) is 3.83. The fraction of sp³-hybridized carbons (Fsp3) is 0.647. The largest absolute Gasteiger partial charge is 0.375 e. The molecule has 0 heterocycles. The molecule has 19 heavy (non-hydrogen) atoms. The minimum absolute atomic E-state index is 0.859. The summed E-state index contributed by atoms with van der Waals surface area (Å²) < 4.78 is 0. The summed E-state index contributed by atoms with van der Waals surface area (Å²) in [6.07, 6.45) is 6.73. The van der Waals surface area contributed by atoms with E-state index in [-0.39, 0.29) is 0 Å². The lowest BCUT2D eigenvalue weighted by molar-refractivity contribution is 0.599. The Morgan fingerprint density at radius 2 is 1.74 bits per heavy atom. The third kappa shape index (κ3) is 5.23. The van der Waals surface area contributed by atoms with Gasteiger partial charge in [-0.05, 0) is 69.3 Å². The lowest BCUT2D eigenvalue weighted by atomic mass is 10.1. The second-order valence-corrected chi connectivity index (χ2v) is 6.06. The van der Waals surface area contributed by atoms with Gasteiger partial charge < -0.3 is 10.2 Å². The summed E-state index contributed by atoms with van der Waals surface area (Å²) in [5, 5.41) is 3.58. The van der Waals surface area contributed by atoms with E-state index in [9.17, 15) is 0 Å². The Kier molecular flexibility index (Phi) is 5.26. The summed E-state index contributed by atoms with van der Waals surface area (Å²) in [6, 6.07) is 7.66. The zero-order chi connectivity index (χ0) is 13.7. The highest BCUT2D eigenvalue weighted by Gasteiger charge is 2.19. The van der Waals surface area contributed by atoms with Gasteiger partial charge in [-0.15, -0.1) is 0 Å². The van der Waals surface area contributed by atoms with Gasteiger partial charge in [0.1, 0.15) is 0 Å². The normalized spacial score (nSPS) is 14.7. The Labute approximate surface area is 118 Å². The van der Waals surface area contributed by atoms with Crippen LogP contribution in [0.4, 0.5) is 5.69 Å². The van der Waals surface area contributed by atoms with Gasteiger partial charge in [0.05, 0.1) is 0 Å². The minimum atomic E-state index is 0.859. The summed E-state index contributed by atoms with van der Waals surface area (Å²) in [6.45, 7) is 6.71. The molecular formula is C17H28N2. The van der Waals surface area contributed by atoms with Crippen LogP contribution in [0.15, 0.2) is 18.2 Å². The maximum Gasteiger partial charge on any atom is 0.0368 e. The second kappa shape index (κ2) is 6.95. The molecule has 106 valence electrons. The van der Waals surface area contributed by atoms with Gasteiger partial charge in [0.15, 0.2) is 0 Å². The molecule has 1 N–H and O–H groups in total. The molecule has 1 aliphatic carbocycles. The first-order valence-electron chi connectivity index (χ1n) is 7.68. The monoisotopic (exact) mass is 260 g/mol. The van der Waals surface area contributed by atoms with Gasteiger partial charge in [0.25, 0.3) is 0 Å². The molecule has 1 aromatic rings. The van der Waals surface area contributed by atoms with E-state index in [1.807, 2.05) is 0 Å². The van der Waals surface area contributed by atoms with Gasteiger partial charge in [0.2, 0.25) is 0 Å². The number of anilines is 1. The molecule has 2 nitrogen and oxygen atoms in total. The lowest BCUT2D eigenvalue weighted by Crippen LogP contribution is -2.20. The van der Waals surface area contributed by atoms with Crippen LogP contribution in [0, 0.1) is 13.8 Å². The van der Waals surface area contributed by atoms with Crippen molar-refractivity contribution in [1.29, 1.82) is 0 Å². The van der Waals surface area contributed by atoms with Crippen LogP contribution < -0.4 is 10.2 Å². The van der Waals surface area contributed by atoms with E-state index < -0.39 is 0 Å². The highest BCUT2D eigenvalue weighted by molar-refractivity contribution is 5.50. The Bertz CT molecular complexity index is 376. The summed E-state index contributed by atoms with van der Waals surface area (Å²) in [5.41, 5.74) is 4.07. The van der Waals surface area contributed by atoms with E-state index in [1.54, 1.807) is 0 Å². The maximum absolute atomic E-state index is 3.58. The molecular weight excluding hydrogens is 232 g/mol. The van der Waals surface area contributed by atoms with Gasteiger partial charge >= 0.3 is 0 Å². The molecule has 1 aliphatic rings. The molecule has 0 spiro atoms. The average Bonchev–Trinajstić information content (AvgIpc) is 3.16. The molecule has 0 radical (unpaired) electrons. The highest BCUT2D eigenvalue weighted by atomic mass is 15.1. The number of rotatable bonds is 8. The molecule has 1 aromatic carbocycles. The molecule has 0 aliphatic heterocycles. The number of aryl methyl sites for hydroxylation is 2. The molecule has 0 bridgehead atoms. The quantitative estimate of drug-likeness (QED) is 0.718. The molecule has 0 atom stereocenters. The first-order valence-corrected chi connectivity index (χ1v) is 7.68. The molecule has 0 amide bonds. The molecule has 1 saturated carbocycles. The number of hydrogen-bond acceptors (Lipinski definition) is 2. The SMILES string of the molecule is Cc1cc(C)cc(N(C)CCCCCNC2CC2)c1. The Hall–Kier alpha value is -1.02. The highest BCUT2D eigenvalue weighted by Crippen LogP contribution is 2.19. The summed E-state index contributed by atoms with van der Waals surface area (Å²) in [5.74, 6) is 0. The molecule has 2 heteroatoms. The Morgan fingerprint density at radius 1 is 1.05 bits per heavy atom. The zero-order valence-corrected chi connectivity index (χ0v) is 12.7. The minimum Gasteiger partial charge on any atom is -0.375 e. The third-order valence-electron chi connectivity index (χ3n) is 3.83. The van der Waals surface area contributed by atoms with Crippen molar-refractivity contribution in [3.8, 4) is 0 Å². The first-order chi connectivity index (χ1) is 9.15. The Morgan fingerprint density at radius 3 is 2.37 bits per heavy atom. The van der Waals surface area contributed by atoms with E-state index >= 15 is 0 Å². The molecule has 0 saturated heterocycles. The van der Waals surface area contributed by atoms with Crippen LogP contribution in [-0.2, 0) is 0 Å². The molecule has 1 fully saturated rings. The van der Waals surface area contributed by atoms with Gasteiger partial charge in [-0.2, -0.15) is 0 Å². The predicted octanol–water partition coefficient (Wildman–Crippen LogP) is 3.66. The summed E-state index contributed by atoms with van der Waals surface area (Å²) in [7, 11) is 2.21. The average molecular weight is 260 g/mol. The number of hydrogen-bond donors (Lipinski definition) is 1. The van der Waals surface area contributed by atoms with Crippen molar-refractivity contribution in [2.75, 3.05) is 25.0 Å². The number of benzene rings is 1. The van der Waals surface area contributed by atoms with Crippen molar-refractivity contribution in [2.45, 2.75) is 52.0 Å². The van der Waals surface area contributed by atoms with Crippen LogP contribution in [0.5, 0.6) is 0 Å². The molecule has 2 rings (SSSR count). The van der Waals surface area contributed by atoms with Crippen molar-refractivity contribution in [1.82, 2.24) is 5.32 Å². The predicted molar refractivity (Wildman–Crippen MR) is 84.1 cm³/mol. The van der Waals surface area contributed by atoms with Crippen LogP contribution in [0.2, 0.25) is 0 Å². The van der Waals surface area contributed by atoms with E-state index in [0.717, 1.165) is 12.6 Å². The van der Waals surface area contributed by atoms with Gasteiger partial charge in [-0.3, -0.25) is 0 Å². The van der Waals surface area contributed by atoms with Crippen molar-refractivity contribution in [2.24, 2.45) is 0 Å². The standard InChI is InChI=1S/C17H28N2/c1-14-11-15(2)13-17(12-14)19(3)10-6-4-5-9-18-16-7-8-16/h11-13,16,18H,4-10H2,1-3H3. The number of unbranched alkanes of at least 4 members (excludes halogenated alkanes) is 2. The Balaban J connectivity index is 1.63. The number of nitrogens with one attached hydrogen (secondary N) is 1. The van der Waals surface area contributed by atoms with Crippen LogP contribution in [0.1, 0.15) is 43.2 Å². The van der Waals surface area contributed by atoms with E-state index in [4.69, 9.17) is 0 Å². The number of nitrogens with zero attached hydrogens (tertiary/aromatic N) is 1. The zero-order valence-electron chi connectivity index (χ0n) is 12.7. The van der Waals surface area contributed by atoms with Gasteiger partial charge in [-0.25, -0.2) is 0 Å². The van der Waals surface area contributed by atoms with Crippen molar-refractivity contribution in [3.63, 3.8) is 0 Å². The van der Waals surface area contributed by atoms with E-state index in [1.165, 1.54) is 55.5 Å². The molecule has 0 unspecified atom stereocenters. The smallest absolute Gasteiger partial charge is 0.0368 e. The summed E-state index contributed by atoms with van der Waals surface area (Å²) >= 11 is 0. The van der Waals surface area contributed by atoms with Crippen molar-refractivity contribution < 1.29 is 0 Å². The fourth-order valence-corrected chi connectivity index (χ4v) is 2.54. The second-order valence-electron chi connectivity index (χ2n) is 6.06. The van der Waals surface area contributed by atoms with Crippen molar-refractivity contribution in [3.05, 3.63) is 29.3 Å². The van der Waals surface area contributed by atoms with Gasteiger partial charge in [0, 0.05) is 25.3 Å². The van der Waals surface area contributed by atoms with Crippen LogP contribution in [-0.4, -0.2) is 26.2 Å². The van der Waals surface area contributed by atoms with Crippen molar-refractivity contribution >= 4 is 5.69 Å². The van der Waals surface area contributed by atoms with E-state index in [0.29, 0.717) is 0 Å². The van der Waals surface area contributed by atoms with Crippen LogP contribution in [0.25, 0.3) is 0 Å². The first kappa shape index (κ1) is 14.4. The summed E-state index contributed by atoms with van der Waals surface area (Å²) in [4.78, 5) is 2.38. The van der Waals surface area contributed by atoms with Crippen LogP contribution >= 0.6 is 0 Å². The van der Waals surface area contributed by atoms with Gasteiger partial charge in [-0.1, -0.05) is 12.5 Å². The molecule has 0 aromatic heterocycles. The van der Waals surface area contributed by atoms with E-state index in [2.05, 4.69) is 49.3 Å². The van der Waals surface area contributed by atoms with Crippen LogP contribution in [0.3, 0.4) is 0 Å². The topological polar surface area (TPSA) is 15.3 Å². The lowest BCUT2D eigenvalue weighted by Gasteiger charge is -2.20. The fourth-order valence-electron chi connectivity index (χ4n) is 2.54. The maximum atomic E-state index is 3.58.